The van der Waals surface area contributed by atoms with Gasteiger partial charge in [-0.05, 0) is 25.0 Å². The van der Waals surface area contributed by atoms with E-state index in [2.05, 4.69) is 10.1 Å². The maximum Gasteiger partial charge on any atom is 0.307 e. The van der Waals surface area contributed by atoms with Crippen molar-refractivity contribution in [3.8, 4) is 11.5 Å². The Morgan fingerprint density at radius 1 is 1.41 bits per heavy atom. The third kappa shape index (κ3) is 3.90. The minimum atomic E-state index is -0.342. The van der Waals surface area contributed by atoms with Gasteiger partial charge in [-0.15, -0.1) is 0 Å². The number of methoxy groups -OCH3 is 2. The molecule has 1 heterocycles. The van der Waals surface area contributed by atoms with Crippen LogP contribution in [0.3, 0.4) is 0 Å². The van der Waals surface area contributed by atoms with E-state index in [1.54, 1.807) is 14.0 Å². The van der Waals surface area contributed by atoms with Crippen molar-refractivity contribution >= 4 is 11.9 Å². The zero-order valence-electron chi connectivity index (χ0n) is 13.0. The number of carbonyl (C=O) groups excluding carboxylic acids is 2. The van der Waals surface area contributed by atoms with E-state index in [0.29, 0.717) is 13.0 Å². The summed E-state index contributed by atoms with van der Waals surface area (Å²) < 4.78 is 15.4. The fraction of sp³-hybridized carbons (Fsp3) is 0.500. The van der Waals surface area contributed by atoms with Gasteiger partial charge in [0, 0.05) is 12.1 Å². The third-order valence-corrected chi connectivity index (χ3v) is 3.64. The minimum absolute atomic E-state index is 0.113. The molecule has 1 N–H and O–H groups in total. The van der Waals surface area contributed by atoms with Crippen LogP contribution in [0.15, 0.2) is 18.2 Å². The van der Waals surface area contributed by atoms with Gasteiger partial charge in [-0.3, -0.25) is 9.59 Å². The van der Waals surface area contributed by atoms with Crippen molar-refractivity contribution < 1.29 is 23.8 Å². The van der Waals surface area contributed by atoms with Gasteiger partial charge in [0.25, 0.3) is 0 Å². The molecular formula is C16H21NO5. The standard InChI is InChI=1S/C16H21NO5/c1-10(6-15(18)21-3)17-16(19)12-7-11-4-5-13(20-2)8-14(11)22-9-12/h4-5,8,10,12H,6-7,9H2,1-3H3,(H,17,19)/t10-,12+/m1/s1. The summed E-state index contributed by atoms with van der Waals surface area (Å²) in [5.41, 5.74) is 0.979. The number of ether oxygens (including phenoxy) is 3. The largest absolute Gasteiger partial charge is 0.497 e. The first kappa shape index (κ1) is 16.1. The first-order valence-corrected chi connectivity index (χ1v) is 7.20. The van der Waals surface area contributed by atoms with Crippen molar-refractivity contribution in [1.29, 1.82) is 0 Å². The molecule has 1 aliphatic heterocycles. The summed E-state index contributed by atoms with van der Waals surface area (Å²) in [4.78, 5) is 23.4. The number of rotatable bonds is 5. The molecule has 1 aromatic rings. The second kappa shape index (κ2) is 7.15. The first-order chi connectivity index (χ1) is 10.5. The van der Waals surface area contributed by atoms with Crippen molar-refractivity contribution in [3.05, 3.63) is 23.8 Å². The fourth-order valence-electron chi connectivity index (χ4n) is 2.39. The van der Waals surface area contributed by atoms with E-state index >= 15 is 0 Å². The topological polar surface area (TPSA) is 73.9 Å². The van der Waals surface area contributed by atoms with Gasteiger partial charge in [0.1, 0.15) is 18.1 Å². The zero-order chi connectivity index (χ0) is 16.1. The lowest BCUT2D eigenvalue weighted by molar-refractivity contribution is -0.141. The van der Waals surface area contributed by atoms with Crippen LogP contribution < -0.4 is 14.8 Å². The zero-order valence-corrected chi connectivity index (χ0v) is 13.0. The molecule has 2 atom stereocenters. The van der Waals surface area contributed by atoms with Crippen molar-refractivity contribution in [2.45, 2.75) is 25.8 Å². The van der Waals surface area contributed by atoms with Crippen LogP contribution in [0, 0.1) is 5.92 Å². The predicted octanol–water partition coefficient (Wildman–Crippen LogP) is 1.31. The minimum Gasteiger partial charge on any atom is -0.497 e. The van der Waals surface area contributed by atoms with Crippen LogP contribution in [-0.4, -0.2) is 38.7 Å². The highest BCUT2D eigenvalue weighted by Gasteiger charge is 2.27. The van der Waals surface area contributed by atoms with Gasteiger partial charge in [-0.25, -0.2) is 0 Å². The lowest BCUT2D eigenvalue weighted by atomic mass is 9.95. The van der Waals surface area contributed by atoms with Crippen LogP contribution in [0.1, 0.15) is 18.9 Å². The fourth-order valence-corrected chi connectivity index (χ4v) is 2.39. The molecule has 22 heavy (non-hydrogen) atoms. The number of amides is 1. The van der Waals surface area contributed by atoms with Crippen LogP contribution in [0.5, 0.6) is 11.5 Å². The maximum absolute atomic E-state index is 12.2. The molecule has 0 fully saturated rings. The second-order valence-corrected chi connectivity index (χ2v) is 5.38. The molecule has 2 rings (SSSR count). The Hall–Kier alpha value is -2.24. The summed E-state index contributed by atoms with van der Waals surface area (Å²) in [6.45, 7) is 2.09. The molecule has 0 bridgehead atoms. The number of benzene rings is 1. The monoisotopic (exact) mass is 307 g/mol. The molecule has 0 unspecified atom stereocenters. The maximum atomic E-state index is 12.2. The normalized spacial score (nSPS) is 17.7. The smallest absolute Gasteiger partial charge is 0.307 e. The van der Waals surface area contributed by atoms with E-state index in [1.807, 2.05) is 18.2 Å². The summed E-state index contributed by atoms with van der Waals surface area (Å²) in [6.07, 6.45) is 0.764. The molecule has 6 nitrogen and oxygen atoms in total. The second-order valence-electron chi connectivity index (χ2n) is 5.38. The van der Waals surface area contributed by atoms with E-state index in [-0.39, 0.29) is 30.3 Å². The predicted molar refractivity (Wildman–Crippen MR) is 79.9 cm³/mol. The summed E-state index contributed by atoms with van der Waals surface area (Å²) >= 11 is 0. The van der Waals surface area contributed by atoms with E-state index in [9.17, 15) is 9.59 Å². The van der Waals surface area contributed by atoms with E-state index < -0.39 is 0 Å². The molecule has 0 saturated carbocycles. The first-order valence-electron chi connectivity index (χ1n) is 7.20. The highest BCUT2D eigenvalue weighted by molar-refractivity contribution is 5.80. The van der Waals surface area contributed by atoms with Crippen molar-refractivity contribution in [1.82, 2.24) is 5.32 Å². The Balaban J connectivity index is 1.94. The molecule has 0 saturated heterocycles. The Bertz CT molecular complexity index is 557. The third-order valence-electron chi connectivity index (χ3n) is 3.64. The van der Waals surface area contributed by atoms with Crippen LogP contribution in [0.2, 0.25) is 0 Å². The van der Waals surface area contributed by atoms with Crippen LogP contribution in [0.25, 0.3) is 0 Å². The van der Waals surface area contributed by atoms with Gasteiger partial charge in [-0.2, -0.15) is 0 Å². The van der Waals surface area contributed by atoms with Gasteiger partial charge < -0.3 is 19.5 Å². The van der Waals surface area contributed by atoms with Crippen LogP contribution in [0.4, 0.5) is 0 Å². The number of hydrogen-bond donors (Lipinski definition) is 1. The Kier molecular flexibility index (Phi) is 5.25. The lowest BCUT2D eigenvalue weighted by Crippen LogP contribution is -2.42. The van der Waals surface area contributed by atoms with Gasteiger partial charge >= 0.3 is 5.97 Å². The average molecular weight is 307 g/mol. The Morgan fingerprint density at radius 2 is 2.18 bits per heavy atom. The molecule has 0 aromatic heterocycles. The average Bonchev–Trinajstić information content (AvgIpc) is 2.53. The van der Waals surface area contributed by atoms with E-state index in [0.717, 1.165) is 17.1 Å². The van der Waals surface area contributed by atoms with Gasteiger partial charge in [0.15, 0.2) is 0 Å². The molecule has 0 radical (unpaired) electrons. The highest BCUT2D eigenvalue weighted by Crippen LogP contribution is 2.31. The quantitative estimate of drug-likeness (QED) is 0.830. The van der Waals surface area contributed by atoms with Crippen LogP contribution in [-0.2, 0) is 20.7 Å². The molecule has 1 aromatic carbocycles. The number of fused-ring (bicyclic) bond motifs is 1. The van der Waals surface area contributed by atoms with Gasteiger partial charge in [0.2, 0.25) is 5.91 Å². The molecule has 0 spiro atoms. The lowest BCUT2D eigenvalue weighted by Gasteiger charge is -2.26. The summed E-state index contributed by atoms with van der Waals surface area (Å²) in [7, 11) is 2.93. The number of hydrogen-bond acceptors (Lipinski definition) is 5. The summed E-state index contributed by atoms with van der Waals surface area (Å²) in [6, 6.07) is 5.31. The summed E-state index contributed by atoms with van der Waals surface area (Å²) in [5.74, 6) is 0.767. The van der Waals surface area contributed by atoms with Gasteiger partial charge in [0.05, 0.1) is 26.6 Å². The Morgan fingerprint density at radius 3 is 2.86 bits per heavy atom. The van der Waals surface area contributed by atoms with Crippen molar-refractivity contribution in [3.63, 3.8) is 0 Å². The number of nitrogens with one attached hydrogen (secondary N) is 1. The molecule has 6 heteroatoms. The molecule has 0 aliphatic carbocycles. The molecule has 1 aliphatic rings. The highest BCUT2D eigenvalue weighted by atomic mass is 16.5. The molecular weight excluding hydrogens is 286 g/mol. The van der Waals surface area contributed by atoms with E-state index in [1.165, 1.54) is 7.11 Å². The molecule has 1 amide bonds. The number of esters is 1. The van der Waals surface area contributed by atoms with E-state index in [4.69, 9.17) is 9.47 Å². The van der Waals surface area contributed by atoms with Crippen LogP contribution >= 0.6 is 0 Å². The SMILES string of the molecule is COC(=O)C[C@@H](C)NC(=O)[C@@H]1COc2cc(OC)ccc2C1. The Labute approximate surface area is 129 Å². The van der Waals surface area contributed by atoms with Crippen molar-refractivity contribution in [2.75, 3.05) is 20.8 Å². The number of carbonyl (C=O) groups is 2. The summed E-state index contributed by atoms with van der Waals surface area (Å²) in [5, 5.41) is 2.82. The molecule has 120 valence electrons. The van der Waals surface area contributed by atoms with Gasteiger partial charge in [-0.1, -0.05) is 6.07 Å². The van der Waals surface area contributed by atoms with Crippen molar-refractivity contribution in [2.24, 2.45) is 5.92 Å².